The average molecular weight is 263 g/mol. The van der Waals surface area contributed by atoms with E-state index in [9.17, 15) is 0 Å². The molecule has 0 unspecified atom stereocenters. The molecule has 1 N–H and O–H groups in total. The lowest BCUT2D eigenvalue weighted by molar-refractivity contribution is 0.270. The summed E-state index contributed by atoms with van der Waals surface area (Å²) in [7, 11) is 0. The van der Waals surface area contributed by atoms with Crippen LogP contribution in [-0.4, -0.2) is 22.9 Å². The molecule has 0 radical (unpaired) electrons. The van der Waals surface area contributed by atoms with Crippen LogP contribution in [0.5, 0.6) is 0 Å². The molecule has 1 aliphatic rings. The van der Waals surface area contributed by atoms with Crippen LogP contribution in [0, 0.1) is 19.8 Å². The quantitative estimate of drug-likeness (QED) is 0.825. The van der Waals surface area contributed by atoms with Crippen molar-refractivity contribution in [3.63, 3.8) is 0 Å². The summed E-state index contributed by atoms with van der Waals surface area (Å²) >= 11 is 0. The van der Waals surface area contributed by atoms with Crippen LogP contribution in [0.15, 0.2) is 0 Å². The highest BCUT2D eigenvalue weighted by atomic mass is 15.3. The van der Waals surface area contributed by atoms with E-state index in [1.807, 2.05) is 0 Å². The molecule has 1 aromatic rings. The average Bonchev–Trinajstić information content (AvgIpc) is 2.68. The van der Waals surface area contributed by atoms with Gasteiger partial charge in [-0.15, -0.1) is 0 Å². The molecule has 0 atom stereocenters. The summed E-state index contributed by atoms with van der Waals surface area (Å²) in [5.41, 5.74) is 4.09. The zero-order chi connectivity index (χ0) is 13.8. The lowest BCUT2D eigenvalue weighted by atomic mass is 9.87. The summed E-state index contributed by atoms with van der Waals surface area (Å²) in [6, 6.07) is 0.641. The van der Waals surface area contributed by atoms with E-state index >= 15 is 0 Å². The summed E-state index contributed by atoms with van der Waals surface area (Å²) in [4.78, 5) is 0. The molecule has 1 fully saturated rings. The van der Waals surface area contributed by atoms with Gasteiger partial charge in [-0.25, -0.2) is 0 Å². The van der Waals surface area contributed by atoms with Crippen molar-refractivity contribution in [2.24, 2.45) is 5.92 Å². The van der Waals surface area contributed by atoms with E-state index in [4.69, 9.17) is 5.10 Å². The topological polar surface area (TPSA) is 29.9 Å². The maximum atomic E-state index is 4.83. The Morgan fingerprint density at radius 2 is 1.89 bits per heavy atom. The number of nitrogens with zero attached hydrogens (tertiary/aromatic N) is 2. The minimum atomic E-state index is 0.641. The number of nitrogens with one attached hydrogen (secondary N) is 1. The SMILES string of the molecule is CCNCCc1c(C)nn(C2CCC(C)CC2)c1C. The van der Waals surface area contributed by atoms with Gasteiger partial charge in [-0.1, -0.05) is 13.8 Å². The molecular formula is C16H29N3. The van der Waals surface area contributed by atoms with Gasteiger partial charge < -0.3 is 5.32 Å². The maximum absolute atomic E-state index is 4.83. The standard InChI is InChI=1S/C16H29N3/c1-5-17-11-10-16-13(3)18-19(14(16)4)15-8-6-12(2)7-9-15/h12,15,17H,5-11H2,1-4H3. The zero-order valence-corrected chi connectivity index (χ0v) is 13.0. The molecule has 0 aromatic carbocycles. The highest BCUT2D eigenvalue weighted by molar-refractivity contribution is 5.25. The number of aromatic nitrogens is 2. The first-order valence-corrected chi connectivity index (χ1v) is 7.88. The van der Waals surface area contributed by atoms with Crippen LogP contribution in [-0.2, 0) is 6.42 Å². The van der Waals surface area contributed by atoms with Gasteiger partial charge >= 0.3 is 0 Å². The summed E-state index contributed by atoms with van der Waals surface area (Å²) < 4.78 is 2.32. The van der Waals surface area contributed by atoms with Gasteiger partial charge in [-0.2, -0.15) is 5.10 Å². The van der Waals surface area contributed by atoms with E-state index in [1.165, 1.54) is 42.6 Å². The summed E-state index contributed by atoms with van der Waals surface area (Å²) in [6.07, 6.45) is 6.42. The smallest absolute Gasteiger partial charge is 0.0629 e. The number of rotatable bonds is 5. The normalized spacial score (nSPS) is 23.8. The van der Waals surface area contributed by atoms with E-state index in [1.54, 1.807) is 0 Å². The first kappa shape index (κ1) is 14.6. The van der Waals surface area contributed by atoms with Crippen LogP contribution in [0.2, 0.25) is 0 Å². The Morgan fingerprint density at radius 1 is 1.21 bits per heavy atom. The lowest BCUT2D eigenvalue weighted by Crippen LogP contribution is -2.19. The molecule has 0 spiro atoms. The fourth-order valence-corrected chi connectivity index (χ4v) is 3.29. The van der Waals surface area contributed by atoms with Gasteiger partial charge in [0.2, 0.25) is 0 Å². The fraction of sp³-hybridized carbons (Fsp3) is 0.812. The van der Waals surface area contributed by atoms with Crippen molar-refractivity contribution in [1.82, 2.24) is 15.1 Å². The van der Waals surface area contributed by atoms with Crippen molar-refractivity contribution < 1.29 is 0 Å². The molecule has 108 valence electrons. The van der Waals surface area contributed by atoms with Crippen molar-refractivity contribution in [2.75, 3.05) is 13.1 Å². The molecule has 19 heavy (non-hydrogen) atoms. The number of hydrogen-bond donors (Lipinski definition) is 1. The first-order valence-electron chi connectivity index (χ1n) is 7.88. The molecule has 1 heterocycles. The highest BCUT2D eigenvalue weighted by Gasteiger charge is 2.23. The van der Waals surface area contributed by atoms with Gasteiger partial charge in [0, 0.05) is 5.69 Å². The molecule has 1 aromatic heterocycles. The first-order chi connectivity index (χ1) is 9.13. The van der Waals surface area contributed by atoms with Crippen molar-refractivity contribution in [1.29, 1.82) is 0 Å². The van der Waals surface area contributed by atoms with Crippen LogP contribution in [0.1, 0.15) is 62.5 Å². The van der Waals surface area contributed by atoms with Gasteiger partial charge in [0.15, 0.2) is 0 Å². The molecule has 0 aliphatic heterocycles. The van der Waals surface area contributed by atoms with Crippen LogP contribution < -0.4 is 5.32 Å². The molecule has 0 amide bonds. The molecular weight excluding hydrogens is 234 g/mol. The number of likely N-dealkylation sites (N-methyl/N-ethyl adjacent to an activating group) is 1. The van der Waals surface area contributed by atoms with Crippen molar-refractivity contribution in [3.05, 3.63) is 17.0 Å². The Morgan fingerprint density at radius 3 is 2.53 bits per heavy atom. The highest BCUT2D eigenvalue weighted by Crippen LogP contribution is 2.33. The summed E-state index contributed by atoms with van der Waals surface area (Å²) in [6.45, 7) is 11.1. The van der Waals surface area contributed by atoms with Crippen molar-refractivity contribution >= 4 is 0 Å². The number of aryl methyl sites for hydroxylation is 1. The van der Waals surface area contributed by atoms with Crippen molar-refractivity contribution in [2.45, 2.75) is 65.8 Å². The Bertz CT molecular complexity index is 400. The zero-order valence-electron chi connectivity index (χ0n) is 13.0. The molecule has 2 rings (SSSR count). The van der Waals surface area contributed by atoms with Gasteiger partial charge in [0.25, 0.3) is 0 Å². The Hall–Kier alpha value is -0.830. The molecule has 3 nitrogen and oxygen atoms in total. The Labute approximate surface area is 117 Å². The number of hydrogen-bond acceptors (Lipinski definition) is 2. The van der Waals surface area contributed by atoms with Gasteiger partial charge in [-0.3, -0.25) is 4.68 Å². The Balaban J connectivity index is 2.07. The van der Waals surface area contributed by atoms with E-state index < -0.39 is 0 Å². The van der Waals surface area contributed by atoms with Crippen LogP contribution >= 0.6 is 0 Å². The maximum Gasteiger partial charge on any atom is 0.0629 e. The molecule has 0 bridgehead atoms. The largest absolute Gasteiger partial charge is 0.317 e. The minimum Gasteiger partial charge on any atom is -0.317 e. The second-order valence-electron chi connectivity index (χ2n) is 6.11. The van der Waals surface area contributed by atoms with E-state index in [0.29, 0.717) is 6.04 Å². The van der Waals surface area contributed by atoms with Crippen molar-refractivity contribution in [3.8, 4) is 0 Å². The summed E-state index contributed by atoms with van der Waals surface area (Å²) in [5.74, 6) is 0.904. The monoisotopic (exact) mass is 263 g/mol. The molecule has 1 aliphatic carbocycles. The van der Waals surface area contributed by atoms with Crippen LogP contribution in [0.4, 0.5) is 0 Å². The van der Waals surface area contributed by atoms with Gasteiger partial charge in [0.05, 0.1) is 11.7 Å². The molecule has 3 heteroatoms. The van der Waals surface area contributed by atoms with Crippen LogP contribution in [0.25, 0.3) is 0 Å². The fourth-order valence-electron chi connectivity index (χ4n) is 3.29. The Kier molecular flexibility index (Phi) is 5.03. The molecule has 1 saturated carbocycles. The van der Waals surface area contributed by atoms with Crippen LogP contribution in [0.3, 0.4) is 0 Å². The van der Waals surface area contributed by atoms with E-state index in [2.05, 4.69) is 37.7 Å². The van der Waals surface area contributed by atoms with E-state index in [0.717, 1.165) is 25.4 Å². The van der Waals surface area contributed by atoms with Gasteiger partial charge in [0.1, 0.15) is 0 Å². The lowest BCUT2D eigenvalue weighted by Gasteiger charge is -2.27. The predicted molar refractivity (Wildman–Crippen MR) is 80.6 cm³/mol. The second kappa shape index (κ2) is 6.56. The van der Waals surface area contributed by atoms with Gasteiger partial charge in [-0.05, 0) is 70.5 Å². The third-order valence-corrected chi connectivity index (χ3v) is 4.61. The third kappa shape index (κ3) is 3.38. The minimum absolute atomic E-state index is 0.641. The summed E-state index contributed by atoms with van der Waals surface area (Å²) in [5, 5.41) is 8.24. The predicted octanol–water partition coefficient (Wildman–Crippen LogP) is 3.40. The molecule has 0 saturated heterocycles. The second-order valence-corrected chi connectivity index (χ2v) is 6.11. The third-order valence-electron chi connectivity index (χ3n) is 4.61. The van der Waals surface area contributed by atoms with E-state index in [-0.39, 0.29) is 0 Å².